The first kappa shape index (κ1) is 17.2. The van der Waals surface area contributed by atoms with Gasteiger partial charge in [0, 0.05) is 31.2 Å². The Bertz CT molecular complexity index is 666. The summed E-state index contributed by atoms with van der Waals surface area (Å²) in [4.78, 5) is 13.9. The Labute approximate surface area is 134 Å². The molecule has 22 heavy (non-hydrogen) atoms. The second kappa shape index (κ2) is 6.93. The third-order valence-corrected chi connectivity index (χ3v) is 5.78. The smallest absolute Gasteiger partial charge is 0.256 e. The summed E-state index contributed by atoms with van der Waals surface area (Å²) in [6.45, 7) is 2.82. The Morgan fingerprint density at radius 1 is 1.27 bits per heavy atom. The standard InChI is InChI=1S/C14H18ClFN2O3S/c1-2-22(20,21)18-7-3-6-17(8-9-18)14(19)12-10-11(15)4-5-13(12)16/h4-5,10H,2-3,6-9H2,1H3. The molecule has 1 saturated heterocycles. The molecule has 5 nitrogen and oxygen atoms in total. The van der Waals surface area contributed by atoms with Gasteiger partial charge in [0.05, 0.1) is 11.3 Å². The molecule has 0 saturated carbocycles. The topological polar surface area (TPSA) is 57.7 Å². The van der Waals surface area contributed by atoms with Crippen molar-refractivity contribution in [2.75, 3.05) is 31.9 Å². The van der Waals surface area contributed by atoms with E-state index in [0.717, 1.165) is 6.07 Å². The zero-order chi connectivity index (χ0) is 16.3. The summed E-state index contributed by atoms with van der Waals surface area (Å²) in [5, 5.41) is 0.287. The summed E-state index contributed by atoms with van der Waals surface area (Å²) < 4.78 is 39.0. The molecule has 0 aliphatic carbocycles. The molecular weight excluding hydrogens is 331 g/mol. The number of sulfonamides is 1. The highest BCUT2D eigenvalue weighted by molar-refractivity contribution is 7.89. The highest BCUT2D eigenvalue weighted by Gasteiger charge is 2.27. The third-order valence-electron chi connectivity index (χ3n) is 3.66. The van der Waals surface area contributed by atoms with Crippen molar-refractivity contribution in [2.24, 2.45) is 0 Å². The number of benzene rings is 1. The Balaban J connectivity index is 2.14. The summed E-state index contributed by atoms with van der Waals surface area (Å²) in [5.41, 5.74) is -0.0840. The molecule has 1 heterocycles. The van der Waals surface area contributed by atoms with E-state index < -0.39 is 21.7 Å². The number of carbonyl (C=O) groups is 1. The van der Waals surface area contributed by atoms with Crippen molar-refractivity contribution in [3.63, 3.8) is 0 Å². The van der Waals surface area contributed by atoms with Gasteiger partial charge in [0.15, 0.2) is 0 Å². The fourth-order valence-electron chi connectivity index (χ4n) is 2.39. The van der Waals surface area contributed by atoms with Gasteiger partial charge in [-0.15, -0.1) is 0 Å². The van der Waals surface area contributed by atoms with Gasteiger partial charge in [-0.2, -0.15) is 0 Å². The molecule has 1 aromatic rings. The highest BCUT2D eigenvalue weighted by Crippen LogP contribution is 2.18. The maximum Gasteiger partial charge on any atom is 0.256 e. The van der Waals surface area contributed by atoms with E-state index in [2.05, 4.69) is 0 Å². The van der Waals surface area contributed by atoms with Crippen molar-refractivity contribution in [1.29, 1.82) is 0 Å². The molecular formula is C14H18ClFN2O3S. The monoisotopic (exact) mass is 348 g/mol. The summed E-state index contributed by atoms with van der Waals surface area (Å²) in [5.74, 6) is -1.06. The fourth-order valence-corrected chi connectivity index (χ4v) is 3.69. The predicted octanol–water partition coefficient (Wildman–Crippen LogP) is 1.98. The summed E-state index contributed by atoms with van der Waals surface area (Å²) in [6, 6.07) is 3.83. The number of rotatable bonds is 3. The van der Waals surface area contributed by atoms with Crippen molar-refractivity contribution in [1.82, 2.24) is 9.21 Å². The van der Waals surface area contributed by atoms with E-state index in [1.54, 1.807) is 6.92 Å². The molecule has 0 N–H and O–H groups in total. The number of hydrogen-bond acceptors (Lipinski definition) is 3. The van der Waals surface area contributed by atoms with Crippen molar-refractivity contribution < 1.29 is 17.6 Å². The van der Waals surface area contributed by atoms with Crippen LogP contribution in [0.1, 0.15) is 23.7 Å². The van der Waals surface area contributed by atoms with Gasteiger partial charge >= 0.3 is 0 Å². The third kappa shape index (κ3) is 3.77. The Kier molecular flexibility index (Phi) is 5.41. The van der Waals surface area contributed by atoms with Crippen molar-refractivity contribution in [2.45, 2.75) is 13.3 Å². The van der Waals surface area contributed by atoms with Gasteiger partial charge in [0.2, 0.25) is 10.0 Å². The number of nitrogens with zero attached hydrogens (tertiary/aromatic N) is 2. The van der Waals surface area contributed by atoms with E-state index >= 15 is 0 Å². The highest BCUT2D eigenvalue weighted by atomic mass is 35.5. The first-order chi connectivity index (χ1) is 10.3. The molecule has 0 spiro atoms. The molecule has 1 amide bonds. The number of halogens is 2. The maximum atomic E-state index is 13.8. The van der Waals surface area contributed by atoms with Crippen LogP contribution in [0, 0.1) is 5.82 Å². The van der Waals surface area contributed by atoms with Crippen LogP contribution in [0.2, 0.25) is 5.02 Å². The molecule has 0 unspecified atom stereocenters. The first-order valence-corrected chi connectivity index (χ1v) is 9.06. The molecule has 1 aromatic carbocycles. The minimum absolute atomic E-state index is 0.0316. The summed E-state index contributed by atoms with van der Waals surface area (Å²) in [6.07, 6.45) is 0.521. The molecule has 2 rings (SSSR count). The average Bonchev–Trinajstić information content (AvgIpc) is 2.75. The van der Waals surface area contributed by atoms with Gasteiger partial charge in [-0.3, -0.25) is 4.79 Å². The second-order valence-corrected chi connectivity index (χ2v) is 7.76. The predicted molar refractivity (Wildman–Crippen MR) is 83.0 cm³/mol. The lowest BCUT2D eigenvalue weighted by Crippen LogP contribution is -2.38. The van der Waals surface area contributed by atoms with Gasteiger partial charge in [0.25, 0.3) is 5.91 Å². The summed E-state index contributed by atoms with van der Waals surface area (Å²) in [7, 11) is -3.27. The normalized spacial score (nSPS) is 17.3. The molecule has 122 valence electrons. The van der Waals surface area contributed by atoms with Gasteiger partial charge in [-0.05, 0) is 31.5 Å². The van der Waals surface area contributed by atoms with E-state index in [1.165, 1.54) is 21.3 Å². The molecule has 0 aromatic heterocycles. The second-order valence-electron chi connectivity index (χ2n) is 5.07. The zero-order valence-corrected chi connectivity index (χ0v) is 13.8. The van der Waals surface area contributed by atoms with Crippen LogP contribution in [0.5, 0.6) is 0 Å². The van der Waals surface area contributed by atoms with Crippen LogP contribution in [0.25, 0.3) is 0 Å². The SMILES string of the molecule is CCS(=O)(=O)N1CCCN(C(=O)c2cc(Cl)ccc2F)CC1. The largest absolute Gasteiger partial charge is 0.337 e. The summed E-state index contributed by atoms with van der Waals surface area (Å²) >= 11 is 5.81. The van der Waals surface area contributed by atoms with Gasteiger partial charge < -0.3 is 4.90 Å². The lowest BCUT2D eigenvalue weighted by atomic mass is 10.2. The number of hydrogen-bond donors (Lipinski definition) is 0. The quantitative estimate of drug-likeness (QED) is 0.839. The van der Waals surface area contributed by atoms with Crippen molar-refractivity contribution in [3.05, 3.63) is 34.6 Å². The minimum Gasteiger partial charge on any atom is -0.337 e. The van der Waals surface area contributed by atoms with Crippen molar-refractivity contribution >= 4 is 27.5 Å². The van der Waals surface area contributed by atoms with E-state index in [-0.39, 0.29) is 29.4 Å². The van der Waals surface area contributed by atoms with E-state index in [9.17, 15) is 17.6 Å². The first-order valence-electron chi connectivity index (χ1n) is 7.07. The van der Waals surface area contributed by atoms with Crippen LogP contribution < -0.4 is 0 Å². The Morgan fingerprint density at radius 3 is 2.68 bits per heavy atom. The minimum atomic E-state index is -3.27. The van der Waals surface area contributed by atoms with Crippen LogP contribution in [0.4, 0.5) is 4.39 Å². The Hall–Kier alpha value is -1.18. The number of carbonyl (C=O) groups excluding carboxylic acids is 1. The molecule has 0 atom stereocenters. The molecule has 0 radical (unpaired) electrons. The van der Waals surface area contributed by atoms with Gasteiger partial charge in [-0.25, -0.2) is 17.1 Å². The van der Waals surface area contributed by atoms with Crippen LogP contribution in [-0.2, 0) is 10.0 Å². The number of amides is 1. The molecule has 1 aliphatic heterocycles. The Morgan fingerprint density at radius 2 is 2.00 bits per heavy atom. The van der Waals surface area contributed by atoms with Crippen LogP contribution in [-0.4, -0.2) is 55.5 Å². The molecule has 8 heteroatoms. The van der Waals surface area contributed by atoms with E-state index in [4.69, 9.17) is 11.6 Å². The molecule has 1 aliphatic rings. The van der Waals surface area contributed by atoms with Crippen molar-refractivity contribution in [3.8, 4) is 0 Å². The average molecular weight is 349 g/mol. The molecule has 0 bridgehead atoms. The van der Waals surface area contributed by atoms with Gasteiger partial charge in [-0.1, -0.05) is 11.6 Å². The zero-order valence-electron chi connectivity index (χ0n) is 12.3. The molecule has 1 fully saturated rings. The van der Waals surface area contributed by atoms with E-state index in [1.807, 2.05) is 0 Å². The van der Waals surface area contributed by atoms with E-state index in [0.29, 0.717) is 19.5 Å². The lowest BCUT2D eigenvalue weighted by Gasteiger charge is -2.22. The van der Waals surface area contributed by atoms with Crippen LogP contribution >= 0.6 is 11.6 Å². The van der Waals surface area contributed by atoms with Crippen LogP contribution in [0.15, 0.2) is 18.2 Å². The van der Waals surface area contributed by atoms with Crippen LogP contribution in [0.3, 0.4) is 0 Å². The lowest BCUT2D eigenvalue weighted by molar-refractivity contribution is 0.0759. The van der Waals surface area contributed by atoms with Gasteiger partial charge in [0.1, 0.15) is 5.82 Å². The maximum absolute atomic E-state index is 13.8. The fraction of sp³-hybridized carbons (Fsp3) is 0.500.